The monoisotopic (exact) mass is 169 g/mol. The van der Waals surface area contributed by atoms with Crippen molar-refractivity contribution in [1.82, 2.24) is 20.2 Å². The standard InChI is InChI=1S/C7H15N5/c1-5(2)6(8)4-7-9-11-12(3)10-7/h5-6H,4,8H2,1-3H3. The fourth-order valence-electron chi connectivity index (χ4n) is 0.852. The fourth-order valence-corrected chi connectivity index (χ4v) is 0.852. The van der Waals surface area contributed by atoms with Crippen LogP contribution in [0.5, 0.6) is 0 Å². The van der Waals surface area contributed by atoms with Crippen molar-refractivity contribution >= 4 is 0 Å². The highest BCUT2D eigenvalue weighted by Crippen LogP contribution is 2.02. The van der Waals surface area contributed by atoms with E-state index in [0.717, 1.165) is 5.82 Å². The van der Waals surface area contributed by atoms with E-state index in [1.54, 1.807) is 7.05 Å². The lowest BCUT2D eigenvalue weighted by molar-refractivity contribution is 0.480. The molecule has 0 amide bonds. The second-order valence-corrected chi connectivity index (χ2v) is 3.31. The first-order valence-corrected chi connectivity index (χ1v) is 4.08. The Kier molecular flexibility index (Phi) is 2.75. The van der Waals surface area contributed by atoms with E-state index in [0.29, 0.717) is 12.3 Å². The van der Waals surface area contributed by atoms with Crippen molar-refractivity contribution in [3.8, 4) is 0 Å². The molecule has 0 bridgehead atoms. The third-order valence-corrected chi connectivity index (χ3v) is 1.82. The van der Waals surface area contributed by atoms with Crippen molar-refractivity contribution < 1.29 is 0 Å². The van der Waals surface area contributed by atoms with Gasteiger partial charge in [0.2, 0.25) is 0 Å². The molecule has 0 aliphatic heterocycles. The van der Waals surface area contributed by atoms with E-state index in [4.69, 9.17) is 5.73 Å². The first-order valence-electron chi connectivity index (χ1n) is 4.08. The second kappa shape index (κ2) is 3.62. The zero-order valence-electron chi connectivity index (χ0n) is 7.73. The molecule has 1 rings (SSSR count). The van der Waals surface area contributed by atoms with Crippen LogP contribution >= 0.6 is 0 Å². The molecule has 1 aromatic rings. The Bertz CT molecular complexity index is 242. The third kappa shape index (κ3) is 2.27. The van der Waals surface area contributed by atoms with Crippen LogP contribution in [0.25, 0.3) is 0 Å². The number of nitrogens with zero attached hydrogens (tertiary/aromatic N) is 4. The molecule has 0 spiro atoms. The van der Waals surface area contributed by atoms with Gasteiger partial charge in [-0.25, -0.2) is 0 Å². The highest BCUT2D eigenvalue weighted by molar-refractivity contribution is 4.83. The van der Waals surface area contributed by atoms with Gasteiger partial charge in [0, 0.05) is 12.5 Å². The summed E-state index contributed by atoms with van der Waals surface area (Å²) < 4.78 is 0. The van der Waals surface area contributed by atoms with E-state index in [1.165, 1.54) is 4.80 Å². The molecule has 0 radical (unpaired) electrons. The zero-order valence-corrected chi connectivity index (χ0v) is 7.73. The zero-order chi connectivity index (χ0) is 9.14. The van der Waals surface area contributed by atoms with Crippen LogP contribution in [0, 0.1) is 5.92 Å². The molecule has 1 atom stereocenters. The van der Waals surface area contributed by atoms with Crippen LogP contribution in [-0.4, -0.2) is 26.2 Å². The average Bonchev–Trinajstić information content (AvgIpc) is 2.35. The van der Waals surface area contributed by atoms with Gasteiger partial charge in [-0.1, -0.05) is 13.8 Å². The van der Waals surface area contributed by atoms with Crippen molar-refractivity contribution in [2.24, 2.45) is 18.7 Å². The van der Waals surface area contributed by atoms with E-state index < -0.39 is 0 Å². The Morgan fingerprint density at radius 2 is 2.17 bits per heavy atom. The topological polar surface area (TPSA) is 69.6 Å². The molecule has 12 heavy (non-hydrogen) atoms. The van der Waals surface area contributed by atoms with Crippen LogP contribution in [0.2, 0.25) is 0 Å². The summed E-state index contributed by atoms with van der Waals surface area (Å²) in [5.41, 5.74) is 5.84. The molecule has 0 aliphatic carbocycles. The number of nitrogens with two attached hydrogens (primary N) is 1. The lowest BCUT2D eigenvalue weighted by atomic mass is 10.0. The number of aromatic nitrogens is 4. The van der Waals surface area contributed by atoms with E-state index >= 15 is 0 Å². The molecule has 0 aliphatic rings. The lowest BCUT2D eigenvalue weighted by Gasteiger charge is -2.12. The molecule has 1 aromatic heterocycles. The summed E-state index contributed by atoms with van der Waals surface area (Å²) in [4.78, 5) is 1.45. The van der Waals surface area contributed by atoms with E-state index in [-0.39, 0.29) is 6.04 Å². The summed E-state index contributed by atoms with van der Waals surface area (Å²) in [7, 11) is 1.75. The fraction of sp³-hybridized carbons (Fsp3) is 0.857. The highest BCUT2D eigenvalue weighted by atomic mass is 15.6. The molecular formula is C7H15N5. The second-order valence-electron chi connectivity index (χ2n) is 3.31. The minimum atomic E-state index is 0.120. The van der Waals surface area contributed by atoms with Gasteiger partial charge in [-0.3, -0.25) is 0 Å². The molecule has 0 aromatic carbocycles. The first-order chi connectivity index (χ1) is 5.59. The van der Waals surface area contributed by atoms with Crippen LogP contribution in [-0.2, 0) is 13.5 Å². The van der Waals surface area contributed by atoms with Gasteiger partial charge in [0.25, 0.3) is 0 Å². The summed E-state index contributed by atoms with van der Waals surface area (Å²) in [5.74, 6) is 1.17. The Morgan fingerprint density at radius 1 is 1.50 bits per heavy atom. The third-order valence-electron chi connectivity index (χ3n) is 1.82. The van der Waals surface area contributed by atoms with Gasteiger partial charge in [0.1, 0.15) is 0 Å². The minimum absolute atomic E-state index is 0.120. The summed E-state index contributed by atoms with van der Waals surface area (Å²) in [6.45, 7) is 4.17. The average molecular weight is 169 g/mol. The number of aryl methyl sites for hydroxylation is 1. The Hall–Kier alpha value is -0.970. The smallest absolute Gasteiger partial charge is 0.176 e. The molecule has 2 N–H and O–H groups in total. The molecule has 0 saturated carbocycles. The van der Waals surface area contributed by atoms with Gasteiger partial charge in [0.05, 0.1) is 7.05 Å². The van der Waals surface area contributed by atoms with E-state index in [9.17, 15) is 0 Å². The number of rotatable bonds is 3. The van der Waals surface area contributed by atoms with Gasteiger partial charge in [-0.2, -0.15) is 4.80 Å². The van der Waals surface area contributed by atoms with Gasteiger partial charge in [-0.15, -0.1) is 10.2 Å². The van der Waals surface area contributed by atoms with Gasteiger partial charge < -0.3 is 5.73 Å². The first kappa shape index (κ1) is 9.12. The maximum atomic E-state index is 5.84. The molecule has 1 unspecified atom stereocenters. The summed E-state index contributed by atoms with van der Waals surface area (Å²) in [6, 6.07) is 0.120. The minimum Gasteiger partial charge on any atom is -0.327 e. The van der Waals surface area contributed by atoms with Crippen LogP contribution in [0.4, 0.5) is 0 Å². The molecule has 0 saturated heterocycles. The highest BCUT2D eigenvalue weighted by Gasteiger charge is 2.11. The SMILES string of the molecule is CC(C)C(N)Cc1nnn(C)n1. The Balaban J connectivity index is 2.52. The predicted molar refractivity (Wildman–Crippen MR) is 45.3 cm³/mol. The van der Waals surface area contributed by atoms with Crippen LogP contribution in [0.3, 0.4) is 0 Å². The molecule has 0 fully saturated rings. The largest absolute Gasteiger partial charge is 0.327 e. The summed E-state index contributed by atoms with van der Waals surface area (Å²) in [5, 5.41) is 11.6. The van der Waals surface area contributed by atoms with Crippen molar-refractivity contribution in [3.63, 3.8) is 0 Å². The number of hydrogen-bond acceptors (Lipinski definition) is 4. The summed E-state index contributed by atoms with van der Waals surface area (Å²) >= 11 is 0. The van der Waals surface area contributed by atoms with Gasteiger partial charge in [0.15, 0.2) is 5.82 Å². The maximum absolute atomic E-state index is 5.84. The lowest BCUT2D eigenvalue weighted by Crippen LogP contribution is -2.29. The van der Waals surface area contributed by atoms with Crippen molar-refractivity contribution in [2.75, 3.05) is 0 Å². The molecule has 5 nitrogen and oxygen atoms in total. The summed E-state index contributed by atoms with van der Waals surface area (Å²) in [6.07, 6.45) is 0.700. The van der Waals surface area contributed by atoms with Gasteiger partial charge in [-0.05, 0) is 11.1 Å². The molecule has 5 heteroatoms. The normalized spacial score (nSPS) is 13.8. The predicted octanol–water partition coefficient (Wildman–Crippen LogP) is -0.264. The number of tetrazole rings is 1. The maximum Gasteiger partial charge on any atom is 0.176 e. The molecule has 1 heterocycles. The van der Waals surface area contributed by atoms with Crippen LogP contribution in [0.1, 0.15) is 19.7 Å². The van der Waals surface area contributed by atoms with Crippen molar-refractivity contribution in [3.05, 3.63) is 5.82 Å². The number of hydrogen-bond donors (Lipinski definition) is 1. The van der Waals surface area contributed by atoms with E-state index in [1.807, 2.05) is 0 Å². The Labute approximate surface area is 71.9 Å². The van der Waals surface area contributed by atoms with E-state index in [2.05, 4.69) is 29.3 Å². The molecular weight excluding hydrogens is 154 g/mol. The van der Waals surface area contributed by atoms with Crippen LogP contribution in [0.15, 0.2) is 0 Å². The van der Waals surface area contributed by atoms with Crippen LogP contribution < -0.4 is 5.73 Å². The molecule has 68 valence electrons. The van der Waals surface area contributed by atoms with Gasteiger partial charge >= 0.3 is 0 Å². The Morgan fingerprint density at radius 3 is 2.58 bits per heavy atom. The van der Waals surface area contributed by atoms with Crippen molar-refractivity contribution in [1.29, 1.82) is 0 Å². The van der Waals surface area contributed by atoms with Crippen molar-refractivity contribution in [2.45, 2.75) is 26.3 Å². The quantitative estimate of drug-likeness (QED) is 0.676.